The smallest absolute Gasteiger partial charge is 0.245 e. The van der Waals surface area contributed by atoms with Crippen LogP contribution in [0.4, 0.5) is 0 Å². The molecule has 0 bridgehead atoms. The summed E-state index contributed by atoms with van der Waals surface area (Å²) in [5, 5.41) is 0. The maximum absolute atomic E-state index is 12.1. The Morgan fingerprint density at radius 3 is 2.63 bits per heavy atom. The molecule has 0 fully saturated rings. The zero-order chi connectivity index (χ0) is 14.6. The second kappa shape index (κ2) is 6.85. The Kier molecular flexibility index (Phi) is 6.00. The molecule has 8 heteroatoms. The SMILES string of the molecule is CC(C)N(C)CCNS(=O)(=O)c1cc(CN)oc1Br. The fourth-order valence-electron chi connectivity index (χ4n) is 1.37. The third kappa shape index (κ3) is 4.57. The Labute approximate surface area is 122 Å². The Morgan fingerprint density at radius 1 is 1.53 bits per heavy atom. The molecule has 0 aliphatic heterocycles. The number of nitrogens with two attached hydrogens (primary N) is 1. The topological polar surface area (TPSA) is 88.6 Å². The van der Waals surface area contributed by atoms with E-state index in [1.807, 2.05) is 7.05 Å². The average Bonchev–Trinajstić information content (AvgIpc) is 2.70. The van der Waals surface area contributed by atoms with Crippen LogP contribution in [0.15, 0.2) is 20.0 Å². The minimum absolute atomic E-state index is 0.0835. The summed E-state index contributed by atoms with van der Waals surface area (Å²) in [6, 6.07) is 1.80. The molecule has 0 aliphatic carbocycles. The molecule has 0 unspecified atom stereocenters. The molecule has 0 atom stereocenters. The first-order valence-electron chi connectivity index (χ1n) is 5.96. The Bertz CT molecular complexity index is 513. The summed E-state index contributed by atoms with van der Waals surface area (Å²) in [4.78, 5) is 2.14. The molecule has 0 saturated heterocycles. The van der Waals surface area contributed by atoms with Crippen molar-refractivity contribution in [1.29, 1.82) is 0 Å². The lowest BCUT2D eigenvalue weighted by Gasteiger charge is -2.20. The fourth-order valence-corrected chi connectivity index (χ4v) is 3.39. The van der Waals surface area contributed by atoms with Gasteiger partial charge in [0.05, 0.1) is 6.54 Å². The number of rotatable bonds is 7. The summed E-state index contributed by atoms with van der Waals surface area (Å²) in [6.07, 6.45) is 0. The normalized spacial score (nSPS) is 12.6. The van der Waals surface area contributed by atoms with Gasteiger partial charge in [0.2, 0.25) is 10.0 Å². The maximum atomic E-state index is 12.1. The predicted molar refractivity (Wildman–Crippen MR) is 77.3 cm³/mol. The van der Waals surface area contributed by atoms with Crippen molar-refractivity contribution in [3.8, 4) is 0 Å². The minimum atomic E-state index is -3.57. The standard InChI is InChI=1S/C11H20BrN3O3S/c1-8(2)15(3)5-4-14-19(16,17)10-6-9(7-13)18-11(10)12/h6,8,14H,4-5,7,13H2,1-3H3. The van der Waals surface area contributed by atoms with E-state index in [2.05, 4.69) is 39.4 Å². The van der Waals surface area contributed by atoms with Crippen molar-refractivity contribution in [2.24, 2.45) is 5.73 Å². The van der Waals surface area contributed by atoms with Gasteiger partial charge in [-0.2, -0.15) is 0 Å². The number of hydrogen-bond donors (Lipinski definition) is 2. The zero-order valence-electron chi connectivity index (χ0n) is 11.3. The van der Waals surface area contributed by atoms with Gasteiger partial charge in [-0.25, -0.2) is 13.1 Å². The third-order valence-electron chi connectivity index (χ3n) is 2.84. The molecule has 1 rings (SSSR count). The predicted octanol–water partition coefficient (Wildman–Crippen LogP) is 1.12. The molecular formula is C11H20BrN3O3S. The highest BCUT2D eigenvalue weighted by Gasteiger charge is 2.21. The first kappa shape index (κ1) is 16.6. The zero-order valence-corrected chi connectivity index (χ0v) is 13.7. The van der Waals surface area contributed by atoms with Crippen LogP contribution in [-0.2, 0) is 16.6 Å². The summed E-state index contributed by atoms with van der Waals surface area (Å²) in [5.41, 5.74) is 5.41. The van der Waals surface area contributed by atoms with Crippen molar-refractivity contribution in [3.63, 3.8) is 0 Å². The summed E-state index contributed by atoms with van der Waals surface area (Å²) in [6.45, 7) is 5.23. The molecule has 110 valence electrons. The Morgan fingerprint density at radius 2 is 2.16 bits per heavy atom. The van der Waals surface area contributed by atoms with Crippen LogP contribution in [0.2, 0.25) is 0 Å². The van der Waals surface area contributed by atoms with Gasteiger partial charge in [0, 0.05) is 25.2 Å². The number of sulfonamides is 1. The van der Waals surface area contributed by atoms with Crippen LogP contribution in [0.25, 0.3) is 0 Å². The van der Waals surface area contributed by atoms with Crippen molar-refractivity contribution in [1.82, 2.24) is 9.62 Å². The van der Waals surface area contributed by atoms with E-state index in [-0.39, 0.29) is 16.1 Å². The van der Waals surface area contributed by atoms with E-state index in [1.54, 1.807) is 0 Å². The highest BCUT2D eigenvalue weighted by Crippen LogP contribution is 2.25. The van der Waals surface area contributed by atoms with E-state index in [1.165, 1.54) is 6.07 Å². The van der Waals surface area contributed by atoms with E-state index in [0.29, 0.717) is 24.9 Å². The van der Waals surface area contributed by atoms with Crippen LogP contribution >= 0.6 is 15.9 Å². The molecule has 0 aromatic carbocycles. The van der Waals surface area contributed by atoms with Gasteiger partial charge in [0.1, 0.15) is 10.7 Å². The molecule has 0 spiro atoms. The lowest BCUT2D eigenvalue weighted by molar-refractivity contribution is 0.278. The van der Waals surface area contributed by atoms with Gasteiger partial charge in [-0.1, -0.05) is 0 Å². The van der Waals surface area contributed by atoms with Crippen LogP contribution < -0.4 is 10.5 Å². The minimum Gasteiger partial charge on any atom is -0.452 e. The highest BCUT2D eigenvalue weighted by atomic mass is 79.9. The van der Waals surface area contributed by atoms with Crippen molar-refractivity contribution in [2.75, 3.05) is 20.1 Å². The van der Waals surface area contributed by atoms with Crippen molar-refractivity contribution in [3.05, 3.63) is 16.5 Å². The number of furan rings is 1. The second-order valence-corrected chi connectivity index (χ2v) is 6.98. The van der Waals surface area contributed by atoms with Gasteiger partial charge < -0.3 is 15.1 Å². The molecule has 1 aromatic heterocycles. The van der Waals surface area contributed by atoms with Gasteiger partial charge in [0.25, 0.3) is 0 Å². The lowest BCUT2D eigenvalue weighted by atomic mass is 10.3. The quantitative estimate of drug-likeness (QED) is 0.766. The summed E-state index contributed by atoms with van der Waals surface area (Å²) in [5.74, 6) is 0.423. The lowest BCUT2D eigenvalue weighted by Crippen LogP contribution is -2.36. The van der Waals surface area contributed by atoms with Crippen LogP contribution in [0.5, 0.6) is 0 Å². The van der Waals surface area contributed by atoms with E-state index in [9.17, 15) is 8.42 Å². The van der Waals surface area contributed by atoms with E-state index >= 15 is 0 Å². The third-order valence-corrected chi connectivity index (χ3v) is 5.15. The number of likely N-dealkylation sites (N-methyl/N-ethyl adjacent to an activating group) is 1. The van der Waals surface area contributed by atoms with Crippen LogP contribution in [-0.4, -0.2) is 39.5 Å². The van der Waals surface area contributed by atoms with Gasteiger partial charge in [-0.15, -0.1) is 0 Å². The van der Waals surface area contributed by atoms with E-state index in [4.69, 9.17) is 10.2 Å². The average molecular weight is 354 g/mol. The van der Waals surface area contributed by atoms with Crippen LogP contribution in [0.3, 0.4) is 0 Å². The first-order chi connectivity index (χ1) is 8.77. The van der Waals surface area contributed by atoms with Crippen LogP contribution in [0.1, 0.15) is 19.6 Å². The molecule has 19 heavy (non-hydrogen) atoms. The molecule has 0 aliphatic rings. The Hall–Kier alpha value is -0.410. The highest BCUT2D eigenvalue weighted by molar-refractivity contribution is 9.10. The van der Waals surface area contributed by atoms with Crippen molar-refractivity contribution >= 4 is 26.0 Å². The Balaban J connectivity index is 2.68. The van der Waals surface area contributed by atoms with E-state index in [0.717, 1.165) is 0 Å². The fraction of sp³-hybridized carbons (Fsp3) is 0.636. The van der Waals surface area contributed by atoms with Gasteiger partial charge in [0.15, 0.2) is 4.67 Å². The molecule has 3 N–H and O–H groups in total. The van der Waals surface area contributed by atoms with E-state index < -0.39 is 10.0 Å². The number of nitrogens with zero attached hydrogens (tertiary/aromatic N) is 1. The second-order valence-electron chi connectivity index (χ2n) is 4.53. The van der Waals surface area contributed by atoms with Crippen molar-refractivity contribution in [2.45, 2.75) is 31.3 Å². The number of hydrogen-bond acceptors (Lipinski definition) is 5. The van der Waals surface area contributed by atoms with Gasteiger partial charge in [-0.05, 0) is 36.8 Å². The summed E-state index contributed by atoms with van der Waals surface area (Å²) in [7, 11) is -1.63. The van der Waals surface area contributed by atoms with Crippen molar-refractivity contribution < 1.29 is 12.8 Å². The molecule has 0 saturated carbocycles. The van der Waals surface area contributed by atoms with Gasteiger partial charge in [-0.3, -0.25) is 0 Å². The molecule has 1 aromatic rings. The summed E-state index contributed by atoms with van der Waals surface area (Å²) < 4.78 is 32.0. The molecule has 1 heterocycles. The van der Waals surface area contributed by atoms with Crippen LogP contribution in [0, 0.1) is 0 Å². The maximum Gasteiger partial charge on any atom is 0.245 e. The number of halogens is 1. The number of nitrogens with one attached hydrogen (secondary N) is 1. The molecule has 0 amide bonds. The molecular weight excluding hydrogens is 334 g/mol. The summed E-state index contributed by atoms with van der Waals surface area (Å²) >= 11 is 3.09. The van der Waals surface area contributed by atoms with Gasteiger partial charge >= 0.3 is 0 Å². The monoisotopic (exact) mass is 353 g/mol. The first-order valence-corrected chi connectivity index (χ1v) is 8.23. The molecule has 6 nitrogen and oxygen atoms in total. The molecule has 0 radical (unpaired) electrons. The largest absolute Gasteiger partial charge is 0.452 e.